The summed E-state index contributed by atoms with van der Waals surface area (Å²) >= 11 is 6.17. The first-order chi connectivity index (χ1) is 8.17. The number of halogens is 1. The Kier molecular flexibility index (Phi) is 3.03. The summed E-state index contributed by atoms with van der Waals surface area (Å²) < 4.78 is 1.47. The van der Waals surface area contributed by atoms with Gasteiger partial charge in [0.15, 0.2) is 0 Å². The van der Waals surface area contributed by atoms with Gasteiger partial charge in [0.1, 0.15) is 17.5 Å². The van der Waals surface area contributed by atoms with Crippen LogP contribution in [-0.4, -0.2) is 9.78 Å². The number of rotatable bonds is 2. The highest BCUT2D eigenvalue weighted by Gasteiger charge is 2.11. The number of hydrogen-bond acceptors (Lipinski definition) is 3. The normalized spacial score (nSPS) is 10.2. The first-order valence-corrected chi connectivity index (χ1v) is 5.57. The van der Waals surface area contributed by atoms with E-state index in [1.807, 2.05) is 24.3 Å². The van der Waals surface area contributed by atoms with E-state index in [1.54, 1.807) is 0 Å². The van der Waals surface area contributed by atoms with Gasteiger partial charge in [0, 0.05) is 0 Å². The van der Waals surface area contributed by atoms with Gasteiger partial charge in [-0.05, 0) is 24.1 Å². The topological polar surface area (TPSA) is 67.6 Å². The van der Waals surface area contributed by atoms with E-state index in [1.165, 1.54) is 10.9 Å². The van der Waals surface area contributed by atoms with Crippen molar-refractivity contribution >= 4 is 17.4 Å². The lowest BCUT2D eigenvalue weighted by molar-refractivity contribution is 0.890. The van der Waals surface area contributed by atoms with Gasteiger partial charge < -0.3 is 5.73 Å². The van der Waals surface area contributed by atoms with E-state index in [0.717, 1.165) is 12.0 Å². The molecule has 0 fully saturated rings. The van der Waals surface area contributed by atoms with Crippen LogP contribution in [0, 0.1) is 11.3 Å². The first-order valence-electron chi connectivity index (χ1n) is 5.19. The Bertz CT molecular complexity index is 595. The zero-order chi connectivity index (χ0) is 12.4. The molecule has 0 spiro atoms. The summed E-state index contributed by atoms with van der Waals surface area (Å²) in [7, 11) is 0. The van der Waals surface area contributed by atoms with Crippen LogP contribution >= 0.6 is 11.6 Å². The zero-order valence-electron chi connectivity index (χ0n) is 9.31. The SMILES string of the molecule is CCc1ccc(-n2ncc(C#N)c2N)c(Cl)c1. The third kappa shape index (κ3) is 1.97. The fourth-order valence-electron chi connectivity index (χ4n) is 1.58. The van der Waals surface area contributed by atoms with Crippen molar-refractivity contribution in [2.75, 3.05) is 5.73 Å². The maximum Gasteiger partial charge on any atom is 0.145 e. The third-order valence-corrected chi connectivity index (χ3v) is 2.88. The molecule has 4 nitrogen and oxygen atoms in total. The predicted molar refractivity (Wildman–Crippen MR) is 67.1 cm³/mol. The van der Waals surface area contributed by atoms with Gasteiger partial charge in [0.05, 0.1) is 16.9 Å². The van der Waals surface area contributed by atoms with E-state index in [0.29, 0.717) is 22.1 Å². The Balaban J connectivity index is 2.54. The van der Waals surface area contributed by atoms with Crippen LogP contribution in [0.2, 0.25) is 5.02 Å². The van der Waals surface area contributed by atoms with Crippen LogP contribution in [0.3, 0.4) is 0 Å². The van der Waals surface area contributed by atoms with Crippen molar-refractivity contribution in [3.8, 4) is 11.8 Å². The quantitative estimate of drug-likeness (QED) is 0.885. The summed E-state index contributed by atoms with van der Waals surface area (Å²) in [5.74, 6) is 0.304. The number of anilines is 1. The van der Waals surface area contributed by atoms with Gasteiger partial charge in [-0.25, -0.2) is 4.68 Å². The van der Waals surface area contributed by atoms with Crippen molar-refractivity contribution in [3.63, 3.8) is 0 Å². The monoisotopic (exact) mass is 246 g/mol. The number of aromatic nitrogens is 2. The predicted octanol–water partition coefficient (Wildman–Crippen LogP) is 2.54. The number of nitriles is 1. The van der Waals surface area contributed by atoms with Gasteiger partial charge in [-0.3, -0.25) is 0 Å². The van der Waals surface area contributed by atoms with Crippen LogP contribution < -0.4 is 5.73 Å². The van der Waals surface area contributed by atoms with Crippen LogP contribution in [0.5, 0.6) is 0 Å². The van der Waals surface area contributed by atoms with Crippen molar-refractivity contribution in [3.05, 3.63) is 40.5 Å². The first kappa shape index (κ1) is 11.5. The van der Waals surface area contributed by atoms with Crippen LogP contribution in [0.15, 0.2) is 24.4 Å². The minimum Gasteiger partial charge on any atom is -0.382 e. The summed E-state index contributed by atoms with van der Waals surface area (Å²) in [4.78, 5) is 0. The largest absolute Gasteiger partial charge is 0.382 e. The molecule has 0 saturated heterocycles. The lowest BCUT2D eigenvalue weighted by atomic mass is 10.1. The fraction of sp³-hybridized carbons (Fsp3) is 0.167. The number of benzene rings is 1. The third-order valence-electron chi connectivity index (χ3n) is 2.58. The Morgan fingerprint density at radius 1 is 1.53 bits per heavy atom. The Morgan fingerprint density at radius 2 is 2.29 bits per heavy atom. The molecule has 2 N–H and O–H groups in total. The van der Waals surface area contributed by atoms with E-state index in [9.17, 15) is 0 Å². The molecule has 2 rings (SSSR count). The van der Waals surface area contributed by atoms with Crippen LogP contribution in [0.4, 0.5) is 5.82 Å². The lowest BCUT2D eigenvalue weighted by Crippen LogP contribution is -2.03. The average molecular weight is 247 g/mol. The molecule has 5 heteroatoms. The maximum absolute atomic E-state index is 8.81. The molecule has 0 bridgehead atoms. The molecule has 86 valence electrons. The van der Waals surface area contributed by atoms with Gasteiger partial charge in [-0.1, -0.05) is 24.6 Å². The standard InChI is InChI=1S/C12H11ClN4/c1-2-8-3-4-11(10(13)5-8)17-12(15)9(6-14)7-16-17/h3-5,7H,2,15H2,1H3. The highest BCUT2D eigenvalue weighted by molar-refractivity contribution is 6.32. The molecule has 0 radical (unpaired) electrons. The molecule has 2 aromatic rings. The highest BCUT2D eigenvalue weighted by Crippen LogP contribution is 2.25. The Hall–Kier alpha value is -1.99. The Labute approximate surface area is 104 Å². The molecule has 1 aromatic carbocycles. The summed E-state index contributed by atoms with van der Waals surface area (Å²) in [5.41, 5.74) is 7.98. The molecule has 0 amide bonds. The van der Waals surface area contributed by atoms with Gasteiger partial charge in [0.2, 0.25) is 0 Å². The number of nitrogen functional groups attached to an aromatic ring is 1. The molecule has 0 aliphatic carbocycles. The minimum absolute atomic E-state index is 0.304. The molecule has 1 aromatic heterocycles. The Morgan fingerprint density at radius 3 is 2.82 bits per heavy atom. The summed E-state index contributed by atoms with van der Waals surface area (Å²) in [6, 6.07) is 7.67. The van der Waals surface area contributed by atoms with Crippen LogP contribution in [-0.2, 0) is 6.42 Å². The molecular formula is C12H11ClN4. The fourth-order valence-corrected chi connectivity index (χ4v) is 1.86. The number of hydrogen-bond donors (Lipinski definition) is 1. The number of aryl methyl sites for hydroxylation is 1. The summed E-state index contributed by atoms with van der Waals surface area (Å²) in [5, 5.41) is 13.4. The zero-order valence-corrected chi connectivity index (χ0v) is 10.1. The van der Waals surface area contributed by atoms with E-state index in [2.05, 4.69) is 12.0 Å². The van der Waals surface area contributed by atoms with Gasteiger partial charge in [-0.15, -0.1) is 0 Å². The van der Waals surface area contributed by atoms with Crippen LogP contribution in [0.25, 0.3) is 5.69 Å². The van der Waals surface area contributed by atoms with Crippen molar-refractivity contribution < 1.29 is 0 Å². The molecular weight excluding hydrogens is 236 g/mol. The lowest BCUT2D eigenvalue weighted by Gasteiger charge is -2.07. The molecule has 0 saturated carbocycles. The second-order valence-corrected chi connectivity index (χ2v) is 4.01. The number of nitrogens with zero attached hydrogens (tertiary/aromatic N) is 3. The van der Waals surface area contributed by atoms with Crippen molar-refractivity contribution in [1.29, 1.82) is 5.26 Å². The van der Waals surface area contributed by atoms with Gasteiger partial charge >= 0.3 is 0 Å². The van der Waals surface area contributed by atoms with Gasteiger partial charge in [0.25, 0.3) is 0 Å². The van der Waals surface area contributed by atoms with Crippen molar-refractivity contribution in [2.24, 2.45) is 0 Å². The molecule has 0 aliphatic rings. The molecule has 1 heterocycles. The summed E-state index contributed by atoms with van der Waals surface area (Å²) in [6.45, 7) is 2.06. The summed E-state index contributed by atoms with van der Waals surface area (Å²) in [6.07, 6.45) is 2.34. The number of nitrogens with two attached hydrogens (primary N) is 1. The van der Waals surface area contributed by atoms with E-state index < -0.39 is 0 Å². The van der Waals surface area contributed by atoms with E-state index in [4.69, 9.17) is 22.6 Å². The van der Waals surface area contributed by atoms with Crippen LogP contribution in [0.1, 0.15) is 18.1 Å². The molecule has 0 atom stereocenters. The average Bonchev–Trinajstić information content (AvgIpc) is 2.70. The minimum atomic E-state index is 0.304. The van der Waals surface area contributed by atoms with Crippen molar-refractivity contribution in [2.45, 2.75) is 13.3 Å². The van der Waals surface area contributed by atoms with Crippen molar-refractivity contribution in [1.82, 2.24) is 9.78 Å². The molecule has 0 aliphatic heterocycles. The maximum atomic E-state index is 8.81. The second kappa shape index (κ2) is 4.48. The molecule has 0 unspecified atom stereocenters. The molecule has 17 heavy (non-hydrogen) atoms. The smallest absolute Gasteiger partial charge is 0.145 e. The highest BCUT2D eigenvalue weighted by atomic mass is 35.5. The second-order valence-electron chi connectivity index (χ2n) is 3.61. The van der Waals surface area contributed by atoms with Gasteiger partial charge in [-0.2, -0.15) is 10.4 Å². The van der Waals surface area contributed by atoms with E-state index in [-0.39, 0.29) is 0 Å². The van der Waals surface area contributed by atoms with E-state index >= 15 is 0 Å².